The summed E-state index contributed by atoms with van der Waals surface area (Å²) in [6, 6.07) is 14.0. The molecule has 0 radical (unpaired) electrons. The molecule has 180 valence electrons. The van der Waals surface area contributed by atoms with Crippen LogP contribution in [0.15, 0.2) is 53.1 Å². The SMILES string of the molecule is CCC(=O)N(c1ccccc1)C1(COC)CCN(CCc2ccco2)CC1.O=C(O)C(=O)O. The summed E-state index contributed by atoms with van der Waals surface area (Å²) in [5.41, 5.74) is 0.676. The highest BCUT2D eigenvalue weighted by molar-refractivity contribution is 6.27. The van der Waals surface area contributed by atoms with Gasteiger partial charge in [0.15, 0.2) is 0 Å². The van der Waals surface area contributed by atoms with E-state index in [0.29, 0.717) is 13.0 Å². The monoisotopic (exact) mass is 460 g/mol. The van der Waals surface area contributed by atoms with Gasteiger partial charge in [0, 0.05) is 45.3 Å². The first kappa shape index (κ1) is 26.1. The van der Waals surface area contributed by atoms with Crippen molar-refractivity contribution in [2.45, 2.75) is 38.1 Å². The summed E-state index contributed by atoms with van der Waals surface area (Å²) in [6.07, 6.45) is 4.94. The topological polar surface area (TPSA) is 121 Å². The molecule has 0 spiro atoms. The number of rotatable bonds is 8. The van der Waals surface area contributed by atoms with Crippen molar-refractivity contribution in [2.75, 3.05) is 38.3 Å². The lowest BCUT2D eigenvalue weighted by molar-refractivity contribution is -0.159. The summed E-state index contributed by atoms with van der Waals surface area (Å²) in [5, 5.41) is 14.8. The molecule has 33 heavy (non-hydrogen) atoms. The van der Waals surface area contributed by atoms with Gasteiger partial charge in [0.05, 0.1) is 18.4 Å². The average molecular weight is 461 g/mol. The minimum absolute atomic E-state index is 0.155. The third-order valence-electron chi connectivity index (χ3n) is 5.68. The van der Waals surface area contributed by atoms with E-state index in [1.807, 2.05) is 54.3 Å². The summed E-state index contributed by atoms with van der Waals surface area (Å²) in [7, 11) is 1.73. The van der Waals surface area contributed by atoms with Crippen LogP contribution in [0.25, 0.3) is 0 Å². The fraction of sp³-hybridized carbons (Fsp3) is 0.458. The van der Waals surface area contributed by atoms with E-state index >= 15 is 0 Å². The van der Waals surface area contributed by atoms with Gasteiger partial charge in [-0.05, 0) is 37.1 Å². The van der Waals surface area contributed by atoms with Crippen LogP contribution in [0.2, 0.25) is 0 Å². The maximum Gasteiger partial charge on any atom is 0.414 e. The molecule has 0 atom stereocenters. The molecule has 1 aromatic carbocycles. The Kier molecular flexibility index (Phi) is 10.1. The van der Waals surface area contributed by atoms with Gasteiger partial charge >= 0.3 is 11.9 Å². The number of anilines is 1. The number of aliphatic carboxylic acids is 2. The number of carbonyl (C=O) groups is 3. The third kappa shape index (κ3) is 7.44. The minimum atomic E-state index is -1.82. The highest BCUT2D eigenvalue weighted by atomic mass is 16.5. The Bertz CT molecular complexity index is 863. The first-order valence-corrected chi connectivity index (χ1v) is 10.9. The number of likely N-dealkylation sites (tertiary alicyclic amines) is 1. The van der Waals surface area contributed by atoms with Crippen LogP contribution in [0, 0.1) is 0 Å². The van der Waals surface area contributed by atoms with E-state index in [-0.39, 0.29) is 11.4 Å². The molecule has 0 saturated carbocycles. The zero-order valence-electron chi connectivity index (χ0n) is 19.1. The van der Waals surface area contributed by atoms with Crippen LogP contribution in [0.5, 0.6) is 0 Å². The first-order valence-electron chi connectivity index (χ1n) is 10.9. The standard InChI is InChI=1S/C22H30N2O3.C2H2O4/c1-3-21(25)24(19-8-5-4-6-9-19)22(18-26-2)12-15-23(16-13-22)14-11-20-10-7-17-27-20;3-1(4)2(5)6/h4-10,17H,3,11-16,18H2,1-2H3;(H,3,4)(H,5,6). The van der Waals surface area contributed by atoms with Gasteiger partial charge in [-0.2, -0.15) is 0 Å². The molecule has 2 heterocycles. The quantitative estimate of drug-likeness (QED) is 0.577. The molecular weight excluding hydrogens is 428 g/mol. The van der Waals surface area contributed by atoms with Crippen molar-refractivity contribution in [2.24, 2.45) is 0 Å². The second-order valence-electron chi connectivity index (χ2n) is 7.86. The summed E-state index contributed by atoms with van der Waals surface area (Å²) in [4.78, 5) is 35.6. The molecule has 0 aliphatic carbocycles. The Labute approximate surface area is 193 Å². The molecule has 2 N–H and O–H groups in total. The Morgan fingerprint density at radius 3 is 2.18 bits per heavy atom. The van der Waals surface area contributed by atoms with E-state index in [9.17, 15) is 4.79 Å². The Morgan fingerprint density at radius 1 is 1.06 bits per heavy atom. The predicted octanol–water partition coefficient (Wildman–Crippen LogP) is 2.90. The first-order chi connectivity index (χ1) is 15.8. The van der Waals surface area contributed by atoms with Crippen molar-refractivity contribution in [1.82, 2.24) is 4.90 Å². The molecule has 0 bridgehead atoms. The highest BCUT2D eigenvalue weighted by Gasteiger charge is 2.42. The van der Waals surface area contributed by atoms with Gasteiger partial charge in [0.1, 0.15) is 5.76 Å². The van der Waals surface area contributed by atoms with Crippen LogP contribution in [0.1, 0.15) is 31.9 Å². The molecule has 0 unspecified atom stereocenters. The van der Waals surface area contributed by atoms with Crippen molar-refractivity contribution in [3.63, 3.8) is 0 Å². The van der Waals surface area contributed by atoms with Crippen LogP contribution in [-0.4, -0.2) is 71.8 Å². The fourth-order valence-electron chi connectivity index (χ4n) is 4.03. The number of benzene rings is 1. The summed E-state index contributed by atoms with van der Waals surface area (Å²) in [5.74, 6) is -2.47. The number of para-hydroxylation sites is 1. The van der Waals surface area contributed by atoms with E-state index in [2.05, 4.69) is 4.90 Å². The molecule has 9 heteroatoms. The number of amides is 1. The Hall–Kier alpha value is -3.17. The molecule has 1 fully saturated rings. The molecule has 1 amide bonds. The number of ether oxygens (including phenoxy) is 1. The van der Waals surface area contributed by atoms with Gasteiger partial charge in [-0.3, -0.25) is 4.79 Å². The van der Waals surface area contributed by atoms with E-state index in [1.54, 1.807) is 13.4 Å². The lowest BCUT2D eigenvalue weighted by atomic mass is 9.85. The number of carboxylic acids is 2. The second-order valence-corrected chi connectivity index (χ2v) is 7.86. The zero-order chi connectivity index (χ0) is 24.3. The van der Waals surface area contributed by atoms with Gasteiger partial charge in [-0.15, -0.1) is 0 Å². The van der Waals surface area contributed by atoms with Gasteiger partial charge in [0.25, 0.3) is 0 Å². The molecular formula is C24H32N2O7. The van der Waals surface area contributed by atoms with E-state index in [0.717, 1.165) is 50.3 Å². The molecule has 9 nitrogen and oxygen atoms in total. The maximum atomic E-state index is 12.9. The van der Waals surface area contributed by atoms with Crippen molar-refractivity contribution >= 4 is 23.5 Å². The van der Waals surface area contributed by atoms with Crippen LogP contribution < -0.4 is 4.90 Å². The largest absolute Gasteiger partial charge is 0.473 e. The van der Waals surface area contributed by atoms with Crippen LogP contribution in [0.3, 0.4) is 0 Å². The fourth-order valence-corrected chi connectivity index (χ4v) is 4.03. The van der Waals surface area contributed by atoms with Crippen LogP contribution in [0.4, 0.5) is 5.69 Å². The van der Waals surface area contributed by atoms with Gasteiger partial charge in [0.2, 0.25) is 5.91 Å². The minimum Gasteiger partial charge on any atom is -0.473 e. The van der Waals surface area contributed by atoms with Crippen molar-refractivity contribution in [3.8, 4) is 0 Å². The summed E-state index contributed by atoms with van der Waals surface area (Å²) < 4.78 is 11.1. The van der Waals surface area contributed by atoms with Gasteiger partial charge in [-0.1, -0.05) is 25.1 Å². The van der Waals surface area contributed by atoms with E-state index in [4.69, 9.17) is 29.0 Å². The number of methoxy groups -OCH3 is 1. The molecule has 2 aromatic rings. The maximum absolute atomic E-state index is 12.9. The second kappa shape index (κ2) is 12.8. The number of furan rings is 1. The molecule has 1 saturated heterocycles. The van der Waals surface area contributed by atoms with Crippen molar-refractivity contribution < 1.29 is 33.8 Å². The molecule has 1 aromatic heterocycles. The predicted molar refractivity (Wildman–Crippen MR) is 122 cm³/mol. The zero-order valence-corrected chi connectivity index (χ0v) is 19.1. The number of nitrogens with zero attached hydrogens (tertiary/aromatic N) is 2. The number of hydrogen-bond acceptors (Lipinski definition) is 6. The average Bonchev–Trinajstić information content (AvgIpc) is 3.34. The van der Waals surface area contributed by atoms with Gasteiger partial charge in [-0.25, -0.2) is 9.59 Å². The molecule has 3 rings (SSSR count). The van der Waals surface area contributed by atoms with Crippen LogP contribution >= 0.6 is 0 Å². The van der Waals surface area contributed by atoms with E-state index in [1.165, 1.54) is 0 Å². The Balaban J connectivity index is 0.000000569. The van der Waals surface area contributed by atoms with Crippen molar-refractivity contribution in [3.05, 3.63) is 54.5 Å². The summed E-state index contributed by atoms with van der Waals surface area (Å²) >= 11 is 0. The van der Waals surface area contributed by atoms with Crippen molar-refractivity contribution in [1.29, 1.82) is 0 Å². The molecule has 1 aliphatic heterocycles. The normalized spacial score (nSPS) is 15.2. The third-order valence-corrected chi connectivity index (χ3v) is 5.68. The van der Waals surface area contributed by atoms with E-state index < -0.39 is 11.9 Å². The number of piperidine rings is 1. The lowest BCUT2D eigenvalue weighted by Crippen LogP contribution is -2.60. The van der Waals surface area contributed by atoms with Gasteiger partial charge < -0.3 is 29.2 Å². The summed E-state index contributed by atoms with van der Waals surface area (Å²) in [6.45, 7) is 5.36. The smallest absolute Gasteiger partial charge is 0.414 e. The number of carbonyl (C=O) groups excluding carboxylic acids is 1. The molecule has 1 aliphatic rings. The number of carboxylic acid groups (broad SMARTS) is 2. The lowest BCUT2D eigenvalue weighted by Gasteiger charge is -2.48. The van der Waals surface area contributed by atoms with Crippen LogP contribution in [-0.2, 0) is 25.5 Å². The highest BCUT2D eigenvalue weighted by Crippen LogP contribution is 2.34. The Morgan fingerprint density at radius 2 is 1.70 bits per heavy atom. The number of hydrogen-bond donors (Lipinski definition) is 2.